The van der Waals surface area contributed by atoms with E-state index in [2.05, 4.69) is 50.6 Å². The number of nitrogens with one attached hydrogen (secondary N) is 2. The molecule has 1 rings (SSSR count). The van der Waals surface area contributed by atoms with E-state index in [-0.39, 0.29) is 0 Å². The van der Waals surface area contributed by atoms with E-state index in [9.17, 15) is 0 Å². The number of rotatable bonds is 9. The molecule has 1 aromatic carbocycles. The van der Waals surface area contributed by atoms with Crippen molar-refractivity contribution >= 4 is 21.9 Å². The molecule has 0 aliphatic rings. The Morgan fingerprint density at radius 3 is 2.57 bits per heavy atom. The molecule has 2 N–H and O–H groups in total. The van der Waals surface area contributed by atoms with Crippen LogP contribution in [0.2, 0.25) is 0 Å². The van der Waals surface area contributed by atoms with Crippen LogP contribution in [0.4, 0.5) is 0 Å². The molecule has 118 valence electrons. The molecule has 4 nitrogen and oxygen atoms in total. The number of nitrogens with zero attached hydrogens (tertiary/aromatic N) is 1. The minimum absolute atomic E-state index is 0.682. The molecule has 21 heavy (non-hydrogen) atoms. The molecular weight excluding hydrogens is 330 g/mol. The predicted molar refractivity (Wildman–Crippen MR) is 92.7 cm³/mol. The summed E-state index contributed by atoms with van der Waals surface area (Å²) in [5.74, 6) is 0.872. The predicted octanol–water partition coefficient (Wildman–Crippen LogP) is 3.32. The summed E-state index contributed by atoms with van der Waals surface area (Å²) in [5.41, 5.74) is 1.20. The van der Waals surface area contributed by atoms with Crippen LogP contribution in [0.1, 0.15) is 32.3 Å². The zero-order valence-electron chi connectivity index (χ0n) is 13.0. The van der Waals surface area contributed by atoms with Gasteiger partial charge in [-0.2, -0.15) is 0 Å². The van der Waals surface area contributed by atoms with Gasteiger partial charge in [-0.15, -0.1) is 0 Å². The van der Waals surface area contributed by atoms with Gasteiger partial charge < -0.3 is 15.4 Å². The topological polar surface area (TPSA) is 45.7 Å². The standard InChI is InChI=1S/C16H26BrN3O/c1-3-18-16(19-11-5-6-12-21-4-2)20-13-14-7-9-15(17)10-8-14/h7-10H,3-6,11-13H2,1-2H3,(H2,18,19,20). The van der Waals surface area contributed by atoms with Gasteiger partial charge in [0.1, 0.15) is 0 Å². The maximum Gasteiger partial charge on any atom is 0.191 e. The van der Waals surface area contributed by atoms with Crippen LogP contribution in [-0.4, -0.2) is 32.3 Å². The van der Waals surface area contributed by atoms with E-state index in [1.165, 1.54) is 5.56 Å². The summed E-state index contributed by atoms with van der Waals surface area (Å²) >= 11 is 3.44. The third kappa shape index (κ3) is 8.73. The number of hydrogen-bond acceptors (Lipinski definition) is 2. The Balaban J connectivity index is 2.33. The van der Waals surface area contributed by atoms with Crippen molar-refractivity contribution in [2.75, 3.05) is 26.3 Å². The zero-order chi connectivity index (χ0) is 15.3. The van der Waals surface area contributed by atoms with Crippen molar-refractivity contribution < 1.29 is 4.74 Å². The van der Waals surface area contributed by atoms with E-state index in [1.54, 1.807) is 0 Å². The van der Waals surface area contributed by atoms with Crippen LogP contribution in [0.3, 0.4) is 0 Å². The average molecular weight is 356 g/mol. The van der Waals surface area contributed by atoms with Crippen molar-refractivity contribution in [1.82, 2.24) is 10.6 Å². The Labute approximate surface area is 136 Å². The molecule has 5 heteroatoms. The molecule has 0 aliphatic carbocycles. The van der Waals surface area contributed by atoms with E-state index in [4.69, 9.17) is 4.74 Å². The molecule has 0 heterocycles. The molecule has 0 aliphatic heterocycles. The van der Waals surface area contributed by atoms with Crippen LogP contribution >= 0.6 is 15.9 Å². The lowest BCUT2D eigenvalue weighted by Crippen LogP contribution is -2.37. The number of hydrogen-bond donors (Lipinski definition) is 2. The number of halogens is 1. The van der Waals surface area contributed by atoms with Gasteiger partial charge in [-0.05, 0) is 44.4 Å². The summed E-state index contributed by atoms with van der Waals surface area (Å²) in [6.45, 7) is 8.20. The van der Waals surface area contributed by atoms with E-state index >= 15 is 0 Å². The smallest absolute Gasteiger partial charge is 0.191 e. The summed E-state index contributed by atoms with van der Waals surface area (Å²) in [6, 6.07) is 8.25. The molecule has 0 saturated heterocycles. The molecule has 0 amide bonds. The lowest BCUT2D eigenvalue weighted by Gasteiger charge is -2.11. The zero-order valence-corrected chi connectivity index (χ0v) is 14.6. The highest BCUT2D eigenvalue weighted by Crippen LogP contribution is 2.10. The fraction of sp³-hybridized carbons (Fsp3) is 0.562. The first kappa shape index (κ1) is 18.0. The van der Waals surface area contributed by atoms with Crippen molar-refractivity contribution in [3.05, 3.63) is 34.3 Å². The maximum absolute atomic E-state index is 5.33. The SMILES string of the molecule is CCNC(=NCc1ccc(Br)cc1)NCCCCOCC. The first-order chi connectivity index (χ1) is 10.3. The summed E-state index contributed by atoms with van der Waals surface area (Å²) < 4.78 is 6.42. The molecule has 0 fully saturated rings. The second-order valence-electron chi connectivity index (χ2n) is 4.65. The summed E-state index contributed by atoms with van der Waals surface area (Å²) in [4.78, 5) is 4.60. The Morgan fingerprint density at radius 2 is 1.90 bits per heavy atom. The van der Waals surface area contributed by atoms with Gasteiger partial charge in [0.15, 0.2) is 5.96 Å². The highest BCUT2D eigenvalue weighted by atomic mass is 79.9. The fourth-order valence-electron chi connectivity index (χ4n) is 1.78. The van der Waals surface area contributed by atoms with E-state index < -0.39 is 0 Å². The van der Waals surface area contributed by atoms with Crippen molar-refractivity contribution in [3.8, 4) is 0 Å². The Morgan fingerprint density at radius 1 is 1.14 bits per heavy atom. The number of ether oxygens (including phenoxy) is 1. The van der Waals surface area contributed by atoms with Crippen LogP contribution in [-0.2, 0) is 11.3 Å². The highest BCUT2D eigenvalue weighted by molar-refractivity contribution is 9.10. The molecular formula is C16H26BrN3O. The summed E-state index contributed by atoms with van der Waals surface area (Å²) in [7, 11) is 0. The lowest BCUT2D eigenvalue weighted by molar-refractivity contribution is 0.143. The number of aliphatic imine (C=N–C) groups is 1. The molecule has 1 aromatic rings. The van der Waals surface area contributed by atoms with E-state index in [0.29, 0.717) is 6.54 Å². The lowest BCUT2D eigenvalue weighted by atomic mass is 10.2. The van der Waals surface area contributed by atoms with Gasteiger partial charge >= 0.3 is 0 Å². The first-order valence-corrected chi connectivity index (χ1v) is 8.40. The van der Waals surface area contributed by atoms with Crippen molar-refractivity contribution in [1.29, 1.82) is 0 Å². The molecule has 0 saturated carbocycles. The normalized spacial score (nSPS) is 11.5. The Kier molecular flexibility index (Phi) is 9.91. The van der Waals surface area contributed by atoms with Gasteiger partial charge in [-0.1, -0.05) is 28.1 Å². The molecule has 0 unspecified atom stereocenters. The van der Waals surface area contributed by atoms with Gasteiger partial charge in [-0.25, -0.2) is 4.99 Å². The summed E-state index contributed by atoms with van der Waals surface area (Å²) in [5, 5.41) is 6.62. The molecule has 0 spiro atoms. The monoisotopic (exact) mass is 355 g/mol. The average Bonchev–Trinajstić information content (AvgIpc) is 2.49. The van der Waals surface area contributed by atoms with Gasteiger partial charge in [0.05, 0.1) is 6.54 Å². The van der Waals surface area contributed by atoms with Crippen LogP contribution < -0.4 is 10.6 Å². The van der Waals surface area contributed by atoms with Gasteiger partial charge in [0.2, 0.25) is 0 Å². The van der Waals surface area contributed by atoms with Crippen molar-refractivity contribution in [2.45, 2.75) is 33.2 Å². The third-order valence-corrected chi connectivity index (χ3v) is 3.42. The van der Waals surface area contributed by atoms with Crippen molar-refractivity contribution in [2.24, 2.45) is 4.99 Å². The Bertz CT molecular complexity index is 406. The van der Waals surface area contributed by atoms with Crippen LogP contribution in [0.15, 0.2) is 33.7 Å². The fourth-order valence-corrected chi connectivity index (χ4v) is 2.05. The molecule has 0 bridgehead atoms. The second kappa shape index (κ2) is 11.6. The van der Waals surface area contributed by atoms with E-state index in [0.717, 1.165) is 49.6 Å². The molecule has 0 atom stereocenters. The molecule has 0 radical (unpaired) electrons. The third-order valence-electron chi connectivity index (χ3n) is 2.89. The van der Waals surface area contributed by atoms with Gasteiger partial charge in [-0.3, -0.25) is 0 Å². The van der Waals surface area contributed by atoms with E-state index in [1.807, 2.05) is 19.1 Å². The number of unbranched alkanes of at least 4 members (excludes halogenated alkanes) is 1. The largest absolute Gasteiger partial charge is 0.382 e. The van der Waals surface area contributed by atoms with Gasteiger partial charge in [0, 0.05) is 30.8 Å². The first-order valence-electron chi connectivity index (χ1n) is 7.60. The quantitative estimate of drug-likeness (QED) is 0.405. The van der Waals surface area contributed by atoms with Crippen LogP contribution in [0.25, 0.3) is 0 Å². The van der Waals surface area contributed by atoms with Gasteiger partial charge in [0.25, 0.3) is 0 Å². The Hall–Kier alpha value is -1.07. The number of benzene rings is 1. The number of guanidine groups is 1. The van der Waals surface area contributed by atoms with Crippen LogP contribution in [0, 0.1) is 0 Å². The van der Waals surface area contributed by atoms with Crippen LogP contribution in [0.5, 0.6) is 0 Å². The second-order valence-corrected chi connectivity index (χ2v) is 5.57. The van der Waals surface area contributed by atoms with Crippen molar-refractivity contribution in [3.63, 3.8) is 0 Å². The maximum atomic E-state index is 5.33. The molecule has 0 aromatic heterocycles. The minimum atomic E-state index is 0.682. The summed E-state index contributed by atoms with van der Waals surface area (Å²) in [6.07, 6.45) is 2.16. The highest BCUT2D eigenvalue weighted by Gasteiger charge is 1.97. The minimum Gasteiger partial charge on any atom is -0.382 e.